The molecule has 1 aliphatic rings. The Balaban J connectivity index is 1.15. The van der Waals surface area contributed by atoms with Crippen molar-refractivity contribution in [3.05, 3.63) is 125 Å². The zero-order valence-corrected chi connectivity index (χ0v) is 24.4. The number of para-hydroxylation sites is 2. The predicted molar refractivity (Wildman–Crippen MR) is 166 cm³/mol. The normalized spacial score (nSPS) is 13.9. The first kappa shape index (κ1) is 28.6. The molecule has 4 aromatic carbocycles. The third-order valence-corrected chi connectivity index (χ3v) is 7.10. The third kappa shape index (κ3) is 6.42. The average molecular weight is 610 g/mol. The second-order valence-corrected chi connectivity index (χ2v) is 10.3. The minimum atomic E-state index is -0.542. The number of nitrogens with one attached hydrogen (secondary N) is 3. The SMILES string of the molecule is COc1cc(C2Nc3ccccc3C(=O)N2Nc2ccccc2)ccc1OCc1cn(CC(=O)Nc2ccc(Cl)cc2)nn1. The summed E-state index contributed by atoms with van der Waals surface area (Å²) in [6.45, 7) is 0.0845. The zero-order chi connectivity index (χ0) is 30.5. The highest BCUT2D eigenvalue weighted by atomic mass is 35.5. The average Bonchev–Trinajstić information content (AvgIpc) is 3.49. The Morgan fingerprint density at radius 1 is 0.955 bits per heavy atom. The second kappa shape index (κ2) is 12.8. The van der Waals surface area contributed by atoms with E-state index in [0.29, 0.717) is 33.5 Å². The number of carbonyl (C=O) groups excluding carboxylic acids is 2. The van der Waals surface area contributed by atoms with Gasteiger partial charge in [0.15, 0.2) is 11.5 Å². The van der Waals surface area contributed by atoms with Gasteiger partial charge in [-0.05, 0) is 60.7 Å². The number of anilines is 3. The highest BCUT2D eigenvalue weighted by Gasteiger charge is 2.34. The molecule has 3 N–H and O–H groups in total. The van der Waals surface area contributed by atoms with Gasteiger partial charge >= 0.3 is 0 Å². The van der Waals surface area contributed by atoms with Crippen molar-refractivity contribution in [1.82, 2.24) is 20.0 Å². The molecule has 0 radical (unpaired) electrons. The first-order chi connectivity index (χ1) is 21.5. The molecule has 1 aliphatic heterocycles. The lowest BCUT2D eigenvalue weighted by Gasteiger charge is -2.38. The zero-order valence-electron chi connectivity index (χ0n) is 23.6. The van der Waals surface area contributed by atoms with E-state index < -0.39 is 6.17 Å². The van der Waals surface area contributed by atoms with Gasteiger partial charge in [-0.3, -0.25) is 15.0 Å². The Morgan fingerprint density at radius 2 is 1.73 bits per heavy atom. The van der Waals surface area contributed by atoms with E-state index in [-0.39, 0.29) is 25.0 Å². The number of fused-ring (bicyclic) bond motifs is 1. The minimum absolute atomic E-state index is 0.0165. The van der Waals surface area contributed by atoms with Crippen LogP contribution in [-0.2, 0) is 17.9 Å². The number of nitrogens with zero attached hydrogens (tertiary/aromatic N) is 4. The van der Waals surface area contributed by atoms with Crippen molar-refractivity contribution in [1.29, 1.82) is 0 Å². The number of halogens is 1. The minimum Gasteiger partial charge on any atom is -0.493 e. The molecule has 222 valence electrons. The molecule has 0 spiro atoms. The number of rotatable bonds is 10. The number of methoxy groups -OCH3 is 1. The lowest BCUT2D eigenvalue weighted by molar-refractivity contribution is -0.116. The molecule has 1 unspecified atom stereocenters. The molecule has 0 saturated heterocycles. The molecule has 0 aliphatic carbocycles. The number of carbonyl (C=O) groups is 2. The maximum atomic E-state index is 13.6. The molecule has 2 heterocycles. The summed E-state index contributed by atoms with van der Waals surface area (Å²) in [5.74, 6) is 0.536. The molecule has 12 heteroatoms. The topological polar surface area (TPSA) is 123 Å². The van der Waals surface area contributed by atoms with Crippen LogP contribution in [0.2, 0.25) is 5.02 Å². The van der Waals surface area contributed by atoms with Gasteiger partial charge < -0.3 is 20.1 Å². The van der Waals surface area contributed by atoms with E-state index in [4.69, 9.17) is 21.1 Å². The lowest BCUT2D eigenvalue weighted by atomic mass is 10.0. The van der Waals surface area contributed by atoms with Gasteiger partial charge in [0.1, 0.15) is 25.0 Å². The van der Waals surface area contributed by atoms with Gasteiger partial charge in [0, 0.05) is 22.0 Å². The van der Waals surface area contributed by atoms with Crippen molar-refractivity contribution in [2.24, 2.45) is 0 Å². The van der Waals surface area contributed by atoms with Crippen molar-refractivity contribution in [3.8, 4) is 11.5 Å². The number of hydrogen-bond donors (Lipinski definition) is 3. The molecule has 0 saturated carbocycles. The molecule has 11 nitrogen and oxygen atoms in total. The first-order valence-electron chi connectivity index (χ1n) is 13.7. The van der Waals surface area contributed by atoms with E-state index in [0.717, 1.165) is 16.9 Å². The van der Waals surface area contributed by atoms with E-state index in [9.17, 15) is 9.59 Å². The smallest absolute Gasteiger partial charge is 0.276 e. The van der Waals surface area contributed by atoms with Crippen molar-refractivity contribution >= 4 is 40.5 Å². The van der Waals surface area contributed by atoms with Crippen LogP contribution in [0.15, 0.2) is 103 Å². The van der Waals surface area contributed by atoms with Crippen LogP contribution in [0.1, 0.15) is 27.8 Å². The predicted octanol–water partition coefficient (Wildman–Crippen LogP) is 5.75. The van der Waals surface area contributed by atoms with Crippen molar-refractivity contribution in [2.45, 2.75) is 19.3 Å². The maximum absolute atomic E-state index is 13.6. The second-order valence-electron chi connectivity index (χ2n) is 9.91. The number of amides is 2. The summed E-state index contributed by atoms with van der Waals surface area (Å²) in [5, 5.41) is 16.6. The fourth-order valence-corrected chi connectivity index (χ4v) is 4.87. The van der Waals surface area contributed by atoms with Crippen LogP contribution in [0.4, 0.5) is 17.1 Å². The fraction of sp³-hybridized carbons (Fsp3) is 0.125. The number of hydrazine groups is 1. The van der Waals surface area contributed by atoms with Crippen LogP contribution in [0.5, 0.6) is 11.5 Å². The van der Waals surface area contributed by atoms with Crippen LogP contribution >= 0.6 is 11.6 Å². The van der Waals surface area contributed by atoms with Gasteiger partial charge in [0.05, 0.1) is 24.6 Å². The molecule has 1 atom stereocenters. The molecule has 0 fully saturated rings. The molecule has 44 heavy (non-hydrogen) atoms. The van der Waals surface area contributed by atoms with E-state index in [1.54, 1.807) is 54.7 Å². The Labute approximate surface area is 258 Å². The molecule has 6 rings (SSSR count). The Hall–Kier alpha value is -5.55. The molecule has 1 aromatic heterocycles. The van der Waals surface area contributed by atoms with Gasteiger partial charge in [-0.15, -0.1) is 5.10 Å². The maximum Gasteiger partial charge on any atom is 0.276 e. The Morgan fingerprint density at radius 3 is 2.52 bits per heavy atom. The lowest BCUT2D eigenvalue weighted by Crippen LogP contribution is -2.46. The molecule has 2 amide bonds. The summed E-state index contributed by atoms with van der Waals surface area (Å²) in [6, 6.07) is 29.2. The van der Waals surface area contributed by atoms with Crippen LogP contribution in [0.3, 0.4) is 0 Å². The first-order valence-corrected chi connectivity index (χ1v) is 14.1. The van der Waals surface area contributed by atoms with Gasteiger partial charge in [0.2, 0.25) is 5.91 Å². The highest BCUT2D eigenvalue weighted by molar-refractivity contribution is 6.30. The van der Waals surface area contributed by atoms with Gasteiger partial charge in [-0.1, -0.05) is 53.2 Å². The Kier molecular flexibility index (Phi) is 8.28. The number of benzene rings is 4. The number of ether oxygens (including phenoxy) is 2. The van der Waals surface area contributed by atoms with Crippen LogP contribution < -0.4 is 25.5 Å². The molecule has 5 aromatic rings. The van der Waals surface area contributed by atoms with Crippen molar-refractivity contribution in [2.75, 3.05) is 23.2 Å². The quantitative estimate of drug-likeness (QED) is 0.183. The molecular weight excluding hydrogens is 582 g/mol. The summed E-state index contributed by atoms with van der Waals surface area (Å²) in [4.78, 5) is 26.0. The summed E-state index contributed by atoms with van der Waals surface area (Å²) in [7, 11) is 1.55. The Bertz CT molecular complexity index is 1780. The number of hydrogen-bond acceptors (Lipinski definition) is 8. The van der Waals surface area contributed by atoms with Gasteiger partial charge in [0.25, 0.3) is 5.91 Å². The highest BCUT2D eigenvalue weighted by Crippen LogP contribution is 2.37. The fourth-order valence-electron chi connectivity index (χ4n) is 4.74. The van der Waals surface area contributed by atoms with Crippen molar-refractivity contribution < 1.29 is 19.1 Å². The van der Waals surface area contributed by atoms with E-state index in [1.807, 2.05) is 60.7 Å². The summed E-state index contributed by atoms with van der Waals surface area (Å²) >= 11 is 5.90. The van der Waals surface area contributed by atoms with Gasteiger partial charge in [-0.2, -0.15) is 0 Å². The van der Waals surface area contributed by atoms with Crippen LogP contribution in [0, 0.1) is 0 Å². The molecular formula is C32H28ClN7O4. The summed E-state index contributed by atoms with van der Waals surface area (Å²) < 4.78 is 13.1. The van der Waals surface area contributed by atoms with Crippen LogP contribution in [-0.4, -0.2) is 38.9 Å². The van der Waals surface area contributed by atoms with Gasteiger partial charge in [-0.25, -0.2) is 9.69 Å². The monoisotopic (exact) mass is 609 g/mol. The number of aromatic nitrogens is 3. The molecule has 0 bridgehead atoms. The van der Waals surface area contributed by atoms with Crippen molar-refractivity contribution in [3.63, 3.8) is 0 Å². The van der Waals surface area contributed by atoms with E-state index in [2.05, 4.69) is 26.4 Å². The third-order valence-electron chi connectivity index (χ3n) is 6.85. The summed E-state index contributed by atoms with van der Waals surface area (Å²) in [5.41, 5.74) is 7.26. The van der Waals surface area contributed by atoms with Crippen LogP contribution in [0.25, 0.3) is 0 Å². The summed E-state index contributed by atoms with van der Waals surface area (Å²) in [6.07, 6.45) is 1.10. The van der Waals surface area contributed by atoms with E-state index in [1.165, 1.54) is 4.68 Å². The van der Waals surface area contributed by atoms with E-state index >= 15 is 0 Å². The standard InChI is InChI=1S/C32H28ClN7O4/c1-43-29-17-21(31-35-27-10-6-5-9-26(27)32(42)40(31)37-24-7-3-2-4-8-24)11-16-28(29)44-20-25-18-39(38-36-25)19-30(41)34-23-14-12-22(33)13-15-23/h2-18,31,35,37H,19-20H2,1H3,(H,34,41). The largest absolute Gasteiger partial charge is 0.493 e.